The molecule has 4 rings (SSSR count). The normalized spacial score (nSPS) is 10.3. The summed E-state index contributed by atoms with van der Waals surface area (Å²) in [5, 5.41) is 5.95. The van der Waals surface area contributed by atoms with Crippen LogP contribution in [0.15, 0.2) is 109 Å². The topological polar surface area (TPSA) is 68.8 Å². The van der Waals surface area contributed by atoms with Crippen LogP contribution in [0, 0.1) is 0 Å². The van der Waals surface area contributed by atoms with E-state index in [0.29, 0.717) is 31.1 Å². The molecule has 7 heteroatoms. The summed E-state index contributed by atoms with van der Waals surface area (Å²) in [5.41, 5.74) is 2.50. The van der Waals surface area contributed by atoms with Gasteiger partial charge in [0.1, 0.15) is 30.5 Å². The molecule has 4 aromatic rings. The number of para-hydroxylation sites is 1. The number of benzene rings is 4. The van der Waals surface area contributed by atoms with E-state index >= 15 is 0 Å². The van der Waals surface area contributed by atoms with Crippen LogP contribution < -0.4 is 24.8 Å². The standard InChI is InChI=1S/C31H30N2O4S/c34-30(25-16-18-28(19-17-25)37-22-21-36-27-13-5-2-6-14-27)33-31(38)32-26-12-7-15-29(23-26)35-20-8-11-24-9-3-1-4-10-24/h1-7,9-10,12-19,23H,8,11,20-22H2,(H2,32,33,34,38). The zero-order chi connectivity index (χ0) is 26.4. The van der Waals surface area contributed by atoms with Crippen LogP contribution in [0.1, 0.15) is 22.3 Å². The Bertz CT molecular complexity index is 1300. The van der Waals surface area contributed by atoms with Crippen LogP contribution in [0.3, 0.4) is 0 Å². The highest BCUT2D eigenvalue weighted by molar-refractivity contribution is 7.80. The lowest BCUT2D eigenvalue weighted by atomic mass is 10.1. The largest absolute Gasteiger partial charge is 0.494 e. The van der Waals surface area contributed by atoms with Crippen molar-refractivity contribution in [3.05, 3.63) is 120 Å². The van der Waals surface area contributed by atoms with Crippen molar-refractivity contribution in [3.63, 3.8) is 0 Å². The van der Waals surface area contributed by atoms with E-state index in [1.54, 1.807) is 24.3 Å². The average molecular weight is 527 g/mol. The molecule has 0 aliphatic heterocycles. The van der Waals surface area contributed by atoms with E-state index in [4.69, 9.17) is 26.4 Å². The summed E-state index contributed by atoms with van der Waals surface area (Å²) >= 11 is 5.33. The predicted octanol–water partition coefficient (Wildman–Crippen LogP) is 6.28. The van der Waals surface area contributed by atoms with Crippen LogP contribution in [0.4, 0.5) is 5.69 Å². The number of aryl methyl sites for hydroxylation is 1. The number of carbonyl (C=O) groups excluding carboxylic acids is 1. The van der Waals surface area contributed by atoms with Gasteiger partial charge >= 0.3 is 0 Å². The van der Waals surface area contributed by atoms with Crippen LogP contribution in [-0.2, 0) is 6.42 Å². The quantitative estimate of drug-likeness (QED) is 0.167. The van der Waals surface area contributed by atoms with Crippen LogP contribution in [-0.4, -0.2) is 30.8 Å². The Hall–Kier alpha value is -4.36. The Morgan fingerprint density at radius 3 is 1.97 bits per heavy atom. The lowest BCUT2D eigenvalue weighted by Gasteiger charge is -2.12. The maximum Gasteiger partial charge on any atom is 0.257 e. The molecule has 0 fully saturated rings. The summed E-state index contributed by atoms with van der Waals surface area (Å²) in [4.78, 5) is 12.6. The molecule has 0 bridgehead atoms. The number of carbonyl (C=O) groups is 1. The average Bonchev–Trinajstić information content (AvgIpc) is 2.95. The number of hydrogen-bond acceptors (Lipinski definition) is 5. The fraction of sp³-hybridized carbons (Fsp3) is 0.161. The van der Waals surface area contributed by atoms with Gasteiger partial charge in [-0.2, -0.15) is 0 Å². The Balaban J connectivity index is 1.17. The van der Waals surface area contributed by atoms with Gasteiger partial charge < -0.3 is 19.5 Å². The van der Waals surface area contributed by atoms with E-state index in [2.05, 4.69) is 22.8 Å². The molecule has 4 aromatic carbocycles. The summed E-state index contributed by atoms with van der Waals surface area (Å²) in [6, 6.07) is 34.3. The number of nitrogens with one attached hydrogen (secondary N) is 2. The first-order valence-electron chi connectivity index (χ1n) is 12.5. The third-order valence-electron chi connectivity index (χ3n) is 5.52. The zero-order valence-electron chi connectivity index (χ0n) is 21.0. The van der Waals surface area contributed by atoms with Gasteiger partial charge in [0.15, 0.2) is 5.11 Å². The summed E-state index contributed by atoms with van der Waals surface area (Å²) < 4.78 is 17.2. The number of rotatable bonds is 12. The molecular formula is C31H30N2O4S. The molecule has 0 aliphatic rings. The third kappa shape index (κ3) is 8.94. The molecule has 0 unspecified atom stereocenters. The van der Waals surface area contributed by atoms with Crippen molar-refractivity contribution in [2.24, 2.45) is 0 Å². The number of thiocarbonyl (C=S) groups is 1. The van der Waals surface area contributed by atoms with Gasteiger partial charge in [0, 0.05) is 17.3 Å². The molecule has 0 spiro atoms. The first kappa shape index (κ1) is 26.7. The molecule has 38 heavy (non-hydrogen) atoms. The molecule has 0 aromatic heterocycles. The van der Waals surface area contributed by atoms with Crippen molar-refractivity contribution >= 4 is 28.9 Å². The first-order valence-corrected chi connectivity index (χ1v) is 12.9. The SMILES string of the molecule is O=C(NC(=S)Nc1cccc(OCCCc2ccccc2)c1)c1ccc(OCCOc2ccccc2)cc1. The smallest absolute Gasteiger partial charge is 0.257 e. The molecule has 2 N–H and O–H groups in total. The number of hydrogen-bond donors (Lipinski definition) is 2. The Morgan fingerprint density at radius 2 is 1.26 bits per heavy atom. The minimum atomic E-state index is -0.310. The van der Waals surface area contributed by atoms with E-state index in [0.717, 1.165) is 30.0 Å². The van der Waals surface area contributed by atoms with E-state index in [9.17, 15) is 4.79 Å². The molecular weight excluding hydrogens is 496 g/mol. The molecule has 0 heterocycles. The maximum absolute atomic E-state index is 12.6. The Kier molecular flexibility index (Phi) is 10.1. The van der Waals surface area contributed by atoms with Gasteiger partial charge in [0.05, 0.1) is 6.61 Å². The summed E-state index contributed by atoms with van der Waals surface area (Å²) in [6.45, 7) is 1.43. The van der Waals surface area contributed by atoms with Crippen LogP contribution in [0.2, 0.25) is 0 Å². The van der Waals surface area contributed by atoms with Gasteiger partial charge in [0.25, 0.3) is 5.91 Å². The van der Waals surface area contributed by atoms with Crippen LogP contribution in [0.25, 0.3) is 0 Å². The fourth-order valence-corrected chi connectivity index (χ4v) is 3.86. The summed E-state index contributed by atoms with van der Waals surface area (Å²) in [6.07, 6.45) is 1.88. The van der Waals surface area contributed by atoms with Crippen molar-refractivity contribution in [1.82, 2.24) is 5.32 Å². The van der Waals surface area contributed by atoms with Crippen LogP contribution >= 0.6 is 12.2 Å². The van der Waals surface area contributed by atoms with Gasteiger partial charge in [-0.3, -0.25) is 10.1 Å². The number of amides is 1. The maximum atomic E-state index is 12.6. The van der Waals surface area contributed by atoms with Gasteiger partial charge in [-0.15, -0.1) is 0 Å². The minimum absolute atomic E-state index is 0.203. The number of anilines is 1. The second kappa shape index (κ2) is 14.4. The van der Waals surface area contributed by atoms with E-state index in [1.165, 1.54) is 5.56 Å². The molecule has 0 saturated carbocycles. The van der Waals surface area contributed by atoms with Crippen molar-refractivity contribution in [2.75, 3.05) is 25.1 Å². The highest BCUT2D eigenvalue weighted by Gasteiger charge is 2.09. The monoisotopic (exact) mass is 526 g/mol. The highest BCUT2D eigenvalue weighted by atomic mass is 32.1. The molecule has 0 aliphatic carbocycles. The molecule has 194 valence electrons. The molecule has 6 nitrogen and oxygen atoms in total. The van der Waals surface area contributed by atoms with Crippen molar-refractivity contribution < 1.29 is 19.0 Å². The highest BCUT2D eigenvalue weighted by Crippen LogP contribution is 2.18. The third-order valence-corrected chi connectivity index (χ3v) is 5.72. The lowest BCUT2D eigenvalue weighted by Crippen LogP contribution is -2.34. The number of ether oxygens (including phenoxy) is 3. The predicted molar refractivity (Wildman–Crippen MR) is 154 cm³/mol. The molecule has 1 amide bonds. The Morgan fingerprint density at radius 1 is 0.658 bits per heavy atom. The van der Waals surface area contributed by atoms with Crippen LogP contribution in [0.5, 0.6) is 17.2 Å². The summed E-state index contributed by atoms with van der Waals surface area (Å²) in [5.74, 6) is 1.88. The lowest BCUT2D eigenvalue weighted by molar-refractivity contribution is 0.0977. The zero-order valence-corrected chi connectivity index (χ0v) is 21.8. The molecule has 0 radical (unpaired) electrons. The van der Waals surface area contributed by atoms with Crippen molar-refractivity contribution in [2.45, 2.75) is 12.8 Å². The van der Waals surface area contributed by atoms with E-state index in [-0.39, 0.29) is 11.0 Å². The van der Waals surface area contributed by atoms with Gasteiger partial charge in [0.2, 0.25) is 0 Å². The van der Waals surface area contributed by atoms with Crippen molar-refractivity contribution in [1.29, 1.82) is 0 Å². The minimum Gasteiger partial charge on any atom is -0.494 e. The van der Waals surface area contributed by atoms with E-state index < -0.39 is 0 Å². The van der Waals surface area contributed by atoms with E-state index in [1.807, 2.05) is 72.8 Å². The second-order valence-electron chi connectivity index (χ2n) is 8.41. The summed E-state index contributed by atoms with van der Waals surface area (Å²) in [7, 11) is 0. The van der Waals surface area contributed by atoms with Gasteiger partial charge in [-0.05, 0) is 79.2 Å². The molecule has 0 atom stereocenters. The van der Waals surface area contributed by atoms with Crippen molar-refractivity contribution in [3.8, 4) is 17.2 Å². The molecule has 0 saturated heterocycles. The fourth-order valence-electron chi connectivity index (χ4n) is 3.65. The van der Waals surface area contributed by atoms with Gasteiger partial charge in [-0.25, -0.2) is 0 Å². The second-order valence-corrected chi connectivity index (χ2v) is 8.82. The Labute approximate surface area is 228 Å². The first-order chi connectivity index (χ1) is 18.7. The van der Waals surface area contributed by atoms with Gasteiger partial charge in [-0.1, -0.05) is 54.6 Å².